The summed E-state index contributed by atoms with van der Waals surface area (Å²) in [6.07, 6.45) is 12.2. The topological polar surface area (TPSA) is 9.72 Å². The van der Waals surface area contributed by atoms with Crippen molar-refractivity contribution in [3.05, 3.63) is 189 Å². The molecule has 15 rings (SSSR count). The molecule has 0 bridgehead atoms. The minimum atomic E-state index is -0.223. The molecule has 0 amide bonds. The molecule has 1 fully saturated rings. The van der Waals surface area contributed by atoms with Crippen LogP contribution in [0.1, 0.15) is 186 Å². The molecule has 410 valence electrons. The maximum atomic E-state index is 2.92. The first-order chi connectivity index (χ1) is 38.3. The Morgan fingerprint density at radius 1 is 0.506 bits per heavy atom. The molecule has 8 aromatic rings. The maximum Gasteiger partial charge on any atom is 0.252 e. The number of nitrogens with zero attached hydrogens (tertiary/aromatic N) is 3. The van der Waals surface area contributed by atoms with Crippen molar-refractivity contribution < 1.29 is 0 Å². The van der Waals surface area contributed by atoms with Gasteiger partial charge in [0.15, 0.2) is 0 Å². The Labute approximate surface area is 488 Å². The number of aryl methyl sites for hydroxylation is 2. The number of rotatable bonds is 3. The van der Waals surface area contributed by atoms with Gasteiger partial charge in [-0.25, -0.2) is 0 Å². The van der Waals surface area contributed by atoms with E-state index in [0.29, 0.717) is 0 Å². The van der Waals surface area contributed by atoms with Crippen LogP contribution < -0.4 is 31.1 Å². The van der Waals surface area contributed by atoms with Gasteiger partial charge in [0, 0.05) is 76.2 Å². The molecule has 0 N–H and O–H groups in total. The summed E-state index contributed by atoms with van der Waals surface area (Å²) >= 11 is 1.92. The highest BCUT2D eigenvalue weighted by Gasteiger charge is 2.59. The highest BCUT2D eigenvalue weighted by molar-refractivity contribution is 7.26. The van der Waals surface area contributed by atoms with Crippen LogP contribution in [0.5, 0.6) is 0 Å². The molecule has 1 saturated carbocycles. The van der Waals surface area contributed by atoms with Crippen molar-refractivity contribution in [1.82, 2.24) is 0 Å². The zero-order chi connectivity index (χ0) is 56.5. The highest BCUT2D eigenvalue weighted by atomic mass is 32.1. The number of allylic oxidation sites excluding steroid dienone is 3. The first-order valence-corrected chi connectivity index (χ1v) is 31.7. The first kappa shape index (κ1) is 51.6. The lowest BCUT2D eigenvalue weighted by atomic mass is 9.33. The number of fused-ring (bicyclic) bond motifs is 12. The van der Waals surface area contributed by atoms with Gasteiger partial charge in [0.05, 0.1) is 11.2 Å². The molecule has 1 aromatic heterocycles. The fraction of sp³-hybridized carbons (Fsp3) is 0.395. The van der Waals surface area contributed by atoms with Crippen molar-refractivity contribution in [3.8, 4) is 0 Å². The third kappa shape index (κ3) is 6.88. The van der Waals surface area contributed by atoms with Gasteiger partial charge in [-0.1, -0.05) is 174 Å². The fourth-order valence-corrected chi connectivity index (χ4v) is 18.8. The van der Waals surface area contributed by atoms with Gasteiger partial charge in [-0.3, -0.25) is 0 Å². The molecule has 5 heteroatoms. The van der Waals surface area contributed by atoms with Gasteiger partial charge in [0.25, 0.3) is 6.71 Å². The zero-order valence-corrected chi connectivity index (χ0v) is 51.9. The normalized spacial score (nSPS) is 23.3. The lowest BCUT2D eigenvalue weighted by Crippen LogP contribution is -2.62. The quantitative estimate of drug-likeness (QED) is 0.163. The van der Waals surface area contributed by atoms with E-state index in [1.165, 1.54) is 159 Å². The lowest BCUT2D eigenvalue weighted by molar-refractivity contribution is 0.153. The summed E-state index contributed by atoms with van der Waals surface area (Å²) in [6.45, 7) is 37.2. The van der Waals surface area contributed by atoms with Gasteiger partial charge in [-0.05, 0) is 197 Å². The van der Waals surface area contributed by atoms with Gasteiger partial charge in [0.1, 0.15) is 0 Å². The lowest BCUT2D eigenvalue weighted by Gasteiger charge is -2.52. The minimum absolute atomic E-state index is 0.0221. The van der Waals surface area contributed by atoms with Gasteiger partial charge in [-0.2, -0.15) is 0 Å². The van der Waals surface area contributed by atoms with Crippen LogP contribution in [0.15, 0.2) is 144 Å². The molecule has 3 nitrogen and oxygen atoms in total. The van der Waals surface area contributed by atoms with Gasteiger partial charge in [0.2, 0.25) is 0 Å². The molecule has 0 spiro atoms. The molecule has 81 heavy (non-hydrogen) atoms. The van der Waals surface area contributed by atoms with Crippen LogP contribution >= 0.6 is 11.3 Å². The fourth-order valence-electron chi connectivity index (χ4n) is 17.6. The standard InChI is InChI=1S/C76H82BN3S/c1-45-37-64-69-65(38-45)79(61-43-53-52(39-46(61)2)71(6,7)35-36-72(53,8)9)62-41-48(80-59-32-29-47(70(3,4)5)40-56(59)75(14)33-20-21-34-76(75,80)15)30-31-57(62)77(69)58-42-54-55(74(12,13)51-25-18-17-24-50(51)73(54,10)11)44-63(58)78(64)60-26-22-28-67-68(60)49-23-16-19-27-66(49)81-67/h16-19,22-28,30-31,37-44H,20-21,29,32-36H2,1-15H3. The van der Waals surface area contributed by atoms with E-state index in [9.17, 15) is 0 Å². The van der Waals surface area contributed by atoms with Gasteiger partial charge >= 0.3 is 0 Å². The van der Waals surface area contributed by atoms with Crippen LogP contribution in [0.25, 0.3) is 20.2 Å². The van der Waals surface area contributed by atoms with Crippen LogP contribution in [-0.4, -0.2) is 12.3 Å². The van der Waals surface area contributed by atoms with Crippen LogP contribution in [0.3, 0.4) is 0 Å². The predicted octanol–water partition coefficient (Wildman–Crippen LogP) is 19.2. The molecule has 4 aliphatic carbocycles. The Balaban J connectivity index is 1.06. The third-order valence-corrected chi connectivity index (χ3v) is 23.7. The number of benzene rings is 7. The Bertz CT molecular complexity index is 4150. The van der Waals surface area contributed by atoms with E-state index < -0.39 is 0 Å². The molecule has 2 atom stereocenters. The molecule has 3 aliphatic heterocycles. The first-order valence-electron chi connectivity index (χ1n) is 30.8. The molecule has 7 aliphatic rings. The number of anilines is 7. The summed E-state index contributed by atoms with van der Waals surface area (Å²) in [5, 5.41) is 2.66. The van der Waals surface area contributed by atoms with E-state index in [0.717, 1.165) is 12.8 Å². The summed E-state index contributed by atoms with van der Waals surface area (Å²) in [7, 11) is 0. The van der Waals surface area contributed by atoms with Gasteiger partial charge in [-0.15, -0.1) is 11.3 Å². The minimum Gasteiger partial charge on any atom is -0.338 e. The Morgan fingerprint density at radius 2 is 1.11 bits per heavy atom. The van der Waals surface area contributed by atoms with E-state index in [4.69, 9.17) is 0 Å². The summed E-state index contributed by atoms with van der Waals surface area (Å²) in [4.78, 5) is 8.43. The molecule has 0 radical (unpaired) electrons. The van der Waals surface area contributed by atoms with Crippen molar-refractivity contribution >= 4 is 94.4 Å². The van der Waals surface area contributed by atoms with E-state index in [-0.39, 0.29) is 44.7 Å². The Kier molecular flexibility index (Phi) is 10.6. The molecule has 0 saturated heterocycles. The second-order valence-electron chi connectivity index (χ2n) is 29.9. The summed E-state index contributed by atoms with van der Waals surface area (Å²) in [5.41, 5.74) is 29.3. The largest absolute Gasteiger partial charge is 0.338 e. The third-order valence-electron chi connectivity index (χ3n) is 22.6. The SMILES string of the molecule is Cc1cc2c3c(c1)N(c1cccc4sc5ccccc5c14)c1cc4c(cc1B3c1ccc(N3C5=C(C=C(C(C)(C)C)CC5)C5(C)CCCCC35C)cc1N2c1cc2c(cc1C)C(C)(C)CCC2(C)C)C(C)(C)c1ccccc1C4(C)C. The average molecular weight is 1080 g/mol. The Hall–Kier alpha value is -6.30. The van der Waals surface area contributed by atoms with Crippen molar-refractivity contribution in [2.75, 3.05) is 14.7 Å². The molecule has 7 aromatic carbocycles. The number of hydrogen-bond acceptors (Lipinski definition) is 4. The van der Waals surface area contributed by atoms with Crippen LogP contribution in [0, 0.1) is 24.7 Å². The maximum absolute atomic E-state index is 2.92. The summed E-state index contributed by atoms with van der Waals surface area (Å²) in [5.74, 6) is 0. The van der Waals surface area contributed by atoms with Crippen molar-refractivity contribution in [3.63, 3.8) is 0 Å². The molecule has 2 unspecified atom stereocenters. The van der Waals surface area contributed by atoms with E-state index >= 15 is 0 Å². The molecular weight excluding hydrogens is 998 g/mol. The van der Waals surface area contributed by atoms with Gasteiger partial charge < -0.3 is 14.7 Å². The van der Waals surface area contributed by atoms with Crippen LogP contribution in [-0.2, 0) is 21.7 Å². The second-order valence-corrected chi connectivity index (χ2v) is 31.0. The molecular formula is C76H82BN3S. The van der Waals surface area contributed by atoms with Crippen molar-refractivity contribution in [2.45, 2.75) is 182 Å². The van der Waals surface area contributed by atoms with Crippen LogP contribution in [0.4, 0.5) is 39.8 Å². The number of thiophene rings is 1. The zero-order valence-electron chi connectivity index (χ0n) is 51.1. The van der Waals surface area contributed by atoms with Crippen molar-refractivity contribution in [1.29, 1.82) is 0 Å². The number of hydrogen-bond donors (Lipinski definition) is 0. The highest BCUT2D eigenvalue weighted by Crippen LogP contribution is 2.64. The smallest absolute Gasteiger partial charge is 0.252 e. The van der Waals surface area contributed by atoms with Crippen molar-refractivity contribution in [2.24, 2.45) is 10.8 Å². The second kappa shape index (κ2) is 16.7. The molecule has 4 heterocycles. The predicted molar refractivity (Wildman–Crippen MR) is 350 cm³/mol. The van der Waals surface area contributed by atoms with Crippen LogP contribution in [0.2, 0.25) is 0 Å². The Morgan fingerprint density at radius 3 is 1.81 bits per heavy atom. The monoisotopic (exact) mass is 1080 g/mol. The summed E-state index contributed by atoms with van der Waals surface area (Å²) < 4.78 is 2.66. The van der Waals surface area contributed by atoms with E-state index in [1.54, 1.807) is 16.8 Å². The summed E-state index contributed by atoms with van der Waals surface area (Å²) in [6, 6.07) is 49.2. The van der Waals surface area contributed by atoms with E-state index in [2.05, 4.69) is 246 Å². The average Bonchev–Trinajstić information content (AvgIpc) is 3.79. The van der Waals surface area contributed by atoms with E-state index in [1.807, 2.05) is 11.3 Å².